The summed E-state index contributed by atoms with van der Waals surface area (Å²) in [4.78, 5) is 12.2. The van der Waals surface area contributed by atoms with Gasteiger partial charge in [-0.05, 0) is 11.8 Å². The van der Waals surface area contributed by atoms with E-state index in [0.717, 1.165) is 0 Å². The summed E-state index contributed by atoms with van der Waals surface area (Å²) in [6, 6.07) is 0. The van der Waals surface area contributed by atoms with Gasteiger partial charge in [-0.15, -0.1) is 0 Å². The van der Waals surface area contributed by atoms with Crippen LogP contribution in [0.25, 0.3) is 0 Å². The summed E-state index contributed by atoms with van der Waals surface area (Å²) in [6.07, 6.45) is 0.715. The predicted molar refractivity (Wildman–Crippen MR) is 63.7 cm³/mol. The molecular weight excluding hydrogens is 188 g/mol. The summed E-state index contributed by atoms with van der Waals surface area (Å²) in [5, 5.41) is 9.23. The Morgan fingerprint density at radius 2 is 1.40 bits per heavy atom. The normalized spacial score (nSPS) is 14.1. The van der Waals surface area contributed by atoms with Crippen LogP contribution in [0.15, 0.2) is 0 Å². The Balaban J connectivity index is 4.78. The van der Waals surface area contributed by atoms with Crippen LogP contribution in [-0.4, -0.2) is 17.5 Å². The molecule has 0 aromatic heterocycles. The molecule has 0 saturated carbocycles. The number of hydrogen-bond donors (Lipinski definition) is 1. The highest BCUT2D eigenvalue weighted by molar-refractivity contribution is 5.88. The van der Waals surface area contributed by atoms with Crippen LogP contribution in [0.1, 0.15) is 54.9 Å². The molecule has 0 rings (SSSR count). The van der Waals surface area contributed by atoms with Crippen molar-refractivity contribution in [2.24, 2.45) is 16.2 Å². The molecule has 0 atom stereocenters. The molecule has 0 bridgehead atoms. The molecule has 2 heteroatoms. The van der Waals surface area contributed by atoms with Crippen LogP contribution in [0.4, 0.5) is 0 Å². The minimum absolute atomic E-state index is 0.119. The molecule has 0 radical (unpaired) electrons. The lowest BCUT2D eigenvalue weighted by Crippen LogP contribution is -2.39. The maximum Gasteiger partial charge on any atom is 0.143 e. The van der Waals surface area contributed by atoms with E-state index in [1.807, 2.05) is 48.5 Å². The number of aliphatic hydroxyl groups is 1. The molecule has 0 aliphatic heterocycles. The van der Waals surface area contributed by atoms with E-state index in [4.69, 9.17) is 0 Å². The molecule has 0 amide bonds. The van der Waals surface area contributed by atoms with Gasteiger partial charge in [-0.3, -0.25) is 4.79 Å². The fourth-order valence-corrected chi connectivity index (χ4v) is 2.35. The van der Waals surface area contributed by atoms with Gasteiger partial charge in [-0.1, -0.05) is 48.5 Å². The monoisotopic (exact) mass is 214 g/mol. The van der Waals surface area contributed by atoms with Crippen LogP contribution >= 0.6 is 0 Å². The van der Waals surface area contributed by atoms with Crippen LogP contribution in [0, 0.1) is 16.2 Å². The Morgan fingerprint density at radius 1 is 1.00 bits per heavy atom. The Hall–Kier alpha value is -0.370. The Kier molecular flexibility index (Phi) is 4.14. The summed E-state index contributed by atoms with van der Waals surface area (Å²) in [7, 11) is 0. The second kappa shape index (κ2) is 4.25. The van der Waals surface area contributed by atoms with E-state index in [-0.39, 0.29) is 28.6 Å². The van der Waals surface area contributed by atoms with Gasteiger partial charge in [0.15, 0.2) is 0 Å². The van der Waals surface area contributed by atoms with E-state index in [1.165, 1.54) is 0 Å². The number of carbonyl (C=O) groups excluding carboxylic acids is 1. The first kappa shape index (κ1) is 14.6. The minimum Gasteiger partial charge on any atom is -0.396 e. The molecule has 0 aromatic rings. The van der Waals surface area contributed by atoms with Crippen molar-refractivity contribution in [1.82, 2.24) is 0 Å². The van der Waals surface area contributed by atoms with Gasteiger partial charge in [-0.25, -0.2) is 0 Å². The maximum atomic E-state index is 12.2. The molecule has 1 N–H and O–H groups in total. The fourth-order valence-electron chi connectivity index (χ4n) is 2.35. The maximum absolute atomic E-state index is 12.2. The zero-order chi connectivity index (χ0) is 12.5. The number of aliphatic hydroxyl groups excluding tert-OH is 1. The summed E-state index contributed by atoms with van der Waals surface area (Å²) in [6.45, 7) is 13.9. The SMILES string of the molecule is CC(C)(CO)CC(C)(C)C(=O)C(C)(C)C. The third-order valence-electron chi connectivity index (χ3n) is 2.64. The fraction of sp³-hybridized carbons (Fsp3) is 0.923. The topological polar surface area (TPSA) is 37.3 Å². The standard InChI is InChI=1S/C13H26O2/c1-11(2,3)10(15)13(6,7)8-12(4,5)9-14/h14H,8-9H2,1-7H3. The van der Waals surface area contributed by atoms with Crippen LogP contribution in [0.5, 0.6) is 0 Å². The Morgan fingerprint density at radius 3 is 1.67 bits per heavy atom. The zero-order valence-electron chi connectivity index (χ0n) is 11.3. The number of ketones is 1. The smallest absolute Gasteiger partial charge is 0.143 e. The van der Waals surface area contributed by atoms with Crippen molar-refractivity contribution in [3.8, 4) is 0 Å². The average molecular weight is 214 g/mol. The van der Waals surface area contributed by atoms with Crippen LogP contribution < -0.4 is 0 Å². The van der Waals surface area contributed by atoms with Gasteiger partial charge in [0.2, 0.25) is 0 Å². The van der Waals surface area contributed by atoms with Gasteiger partial charge in [0.1, 0.15) is 5.78 Å². The molecular formula is C13H26O2. The second-order valence-electron chi connectivity index (χ2n) is 6.96. The molecule has 90 valence electrons. The number of hydrogen-bond acceptors (Lipinski definition) is 2. The number of rotatable bonds is 4. The van der Waals surface area contributed by atoms with Gasteiger partial charge in [0, 0.05) is 17.4 Å². The number of carbonyl (C=O) groups is 1. The number of Topliss-reactive ketones (excluding diaryl/α,β-unsaturated/α-hetero) is 1. The van der Waals surface area contributed by atoms with E-state index in [1.54, 1.807) is 0 Å². The lowest BCUT2D eigenvalue weighted by atomic mass is 9.67. The zero-order valence-corrected chi connectivity index (χ0v) is 11.3. The van der Waals surface area contributed by atoms with E-state index < -0.39 is 0 Å². The van der Waals surface area contributed by atoms with Crippen molar-refractivity contribution in [3.63, 3.8) is 0 Å². The highest BCUT2D eigenvalue weighted by atomic mass is 16.3. The predicted octanol–water partition coefficient (Wildman–Crippen LogP) is 3.04. The van der Waals surface area contributed by atoms with Crippen molar-refractivity contribution in [2.45, 2.75) is 54.9 Å². The third kappa shape index (κ3) is 4.33. The van der Waals surface area contributed by atoms with Crippen LogP contribution in [0.2, 0.25) is 0 Å². The van der Waals surface area contributed by atoms with Crippen molar-refractivity contribution in [3.05, 3.63) is 0 Å². The van der Waals surface area contributed by atoms with E-state index >= 15 is 0 Å². The van der Waals surface area contributed by atoms with Crippen molar-refractivity contribution >= 4 is 5.78 Å². The largest absolute Gasteiger partial charge is 0.396 e. The summed E-state index contributed by atoms with van der Waals surface area (Å²) in [5.74, 6) is 0.261. The summed E-state index contributed by atoms with van der Waals surface area (Å²) < 4.78 is 0. The lowest BCUT2D eigenvalue weighted by Gasteiger charge is -2.36. The van der Waals surface area contributed by atoms with E-state index in [0.29, 0.717) is 6.42 Å². The molecule has 15 heavy (non-hydrogen) atoms. The molecule has 0 aliphatic carbocycles. The quantitative estimate of drug-likeness (QED) is 0.781. The van der Waals surface area contributed by atoms with Gasteiger partial charge in [0.25, 0.3) is 0 Å². The molecule has 0 fully saturated rings. The second-order valence-corrected chi connectivity index (χ2v) is 6.96. The minimum atomic E-state index is -0.371. The highest BCUT2D eigenvalue weighted by Crippen LogP contribution is 2.38. The molecule has 0 spiro atoms. The molecule has 0 unspecified atom stereocenters. The van der Waals surface area contributed by atoms with Gasteiger partial charge in [-0.2, -0.15) is 0 Å². The van der Waals surface area contributed by atoms with Crippen LogP contribution in [-0.2, 0) is 4.79 Å². The average Bonchev–Trinajstić information content (AvgIpc) is 1.99. The molecule has 0 heterocycles. The van der Waals surface area contributed by atoms with Gasteiger partial charge >= 0.3 is 0 Å². The molecule has 2 nitrogen and oxygen atoms in total. The van der Waals surface area contributed by atoms with Crippen molar-refractivity contribution < 1.29 is 9.90 Å². The highest BCUT2D eigenvalue weighted by Gasteiger charge is 2.39. The van der Waals surface area contributed by atoms with Crippen molar-refractivity contribution in [2.75, 3.05) is 6.61 Å². The summed E-state index contributed by atoms with van der Waals surface area (Å²) >= 11 is 0. The summed E-state index contributed by atoms with van der Waals surface area (Å²) in [5.41, 5.74) is -0.871. The molecule has 0 aromatic carbocycles. The third-order valence-corrected chi connectivity index (χ3v) is 2.64. The Bertz CT molecular complexity index is 231. The molecule has 0 saturated heterocycles. The first-order valence-electron chi connectivity index (χ1n) is 5.58. The Labute approximate surface area is 94.1 Å². The van der Waals surface area contributed by atoms with Gasteiger partial charge in [0.05, 0.1) is 0 Å². The van der Waals surface area contributed by atoms with E-state index in [2.05, 4.69) is 0 Å². The van der Waals surface area contributed by atoms with Gasteiger partial charge < -0.3 is 5.11 Å². The van der Waals surface area contributed by atoms with E-state index in [9.17, 15) is 9.90 Å². The first-order valence-corrected chi connectivity index (χ1v) is 5.58. The van der Waals surface area contributed by atoms with Crippen LogP contribution in [0.3, 0.4) is 0 Å². The van der Waals surface area contributed by atoms with Crippen molar-refractivity contribution in [1.29, 1.82) is 0 Å². The molecule has 0 aliphatic rings. The first-order chi connectivity index (χ1) is 6.42. The lowest BCUT2D eigenvalue weighted by molar-refractivity contribution is -0.137.